The summed E-state index contributed by atoms with van der Waals surface area (Å²) < 4.78 is 25.6. The molecule has 5 heteroatoms. The summed E-state index contributed by atoms with van der Waals surface area (Å²) in [6.07, 6.45) is 48.5. The zero-order chi connectivity index (χ0) is 34.6. The molecule has 0 aromatic rings. The molecule has 280 valence electrons. The molecule has 0 unspecified atom stereocenters. The molecule has 0 spiro atoms. The first kappa shape index (κ1) is 47.1. The first-order valence-corrected chi connectivity index (χ1v) is 25.9. The van der Waals surface area contributed by atoms with Crippen LogP contribution in [0, 0.1) is 0 Å². The van der Waals surface area contributed by atoms with Crippen molar-refractivity contribution in [2.45, 2.75) is 200 Å². The SMILES string of the molecule is CCCCCCCC/C=C/CCCCCCCCOP(=O)(CCC[P+](C)(C)C)OCCCCCCCC/C=C/CCCCCCCC. The lowest BCUT2D eigenvalue weighted by molar-refractivity contribution is 0.197. The molecule has 0 fully saturated rings. The summed E-state index contributed by atoms with van der Waals surface area (Å²) in [5.74, 6) is 0. The summed E-state index contributed by atoms with van der Waals surface area (Å²) in [6, 6.07) is 0. The Morgan fingerprint density at radius 1 is 0.426 bits per heavy atom. The normalized spacial score (nSPS) is 12.7. The highest BCUT2D eigenvalue weighted by Crippen LogP contribution is 2.52. The number of hydrogen-bond acceptors (Lipinski definition) is 3. The summed E-state index contributed by atoms with van der Waals surface area (Å²) in [6.45, 7) is 12.8. The molecule has 0 aromatic heterocycles. The topological polar surface area (TPSA) is 35.5 Å². The Morgan fingerprint density at radius 2 is 0.723 bits per heavy atom. The molecule has 0 N–H and O–H groups in total. The van der Waals surface area contributed by atoms with Crippen molar-refractivity contribution in [3.8, 4) is 0 Å². The van der Waals surface area contributed by atoms with Gasteiger partial charge in [0.05, 0.1) is 25.5 Å². The Labute approximate surface area is 297 Å². The van der Waals surface area contributed by atoms with Gasteiger partial charge in [-0.25, -0.2) is 0 Å². The van der Waals surface area contributed by atoms with E-state index in [9.17, 15) is 4.57 Å². The van der Waals surface area contributed by atoms with Crippen LogP contribution in [0.1, 0.15) is 200 Å². The highest BCUT2D eigenvalue weighted by atomic mass is 31.2. The Morgan fingerprint density at radius 3 is 1.04 bits per heavy atom. The highest BCUT2D eigenvalue weighted by Gasteiger charge is 2.26. The number of unbranched alkanes of at least 4 members (excludes halogenated alkanes) is 24. The first-order chi connectivity index (χ1) is 22.8. The zero-order valence-corrected chi connectivity index (χ0v) is 34.6. The molecule has 3 nitrogen and oxygen atoms in total. The molecule has 47 heavy (non-hydrogen) atoms. The Balaban J connectivity index is 3.91. The first-order valence-electron chi connectivity index (χ1n) is 20.8. The van der Waals surface area contributed by atoms with Crippen LogP contribution in [0.4, 0.5) is 0 Å². The molecule has 0 saturated carbocycles. The van der Waals surface area contributed by atoms with Gasteiger partial charge < -0.3 is 9.05 Å². The van der Waals surface area contributed by atoms with Gasteiger partial charge in [0.2, 0.25) is 0 Å². The fraction of sp³-hybridized carbons (Fsp3) is 0.905. The molecule has 0 radical (unpaired) electrons. The van der Waals surface area contributed by atoms with Crippen LogP contribution >= 0.6 is 14.9 Å². The fourth-order valence-corrected chi connectivity index (χ4v) is 9.06. The van der Waals surface area contributed by atoms with E-state index in [1.54, 1.807) is 0 Å². The van der Waals surface area contributed by atoms with Crippen molar-refractivity contribution in [3.05, 3.63) is 24.3 Å². The van der Waals surface area contributed by atoms with Crippen LogP contribution in [0.15, 0.2) is 24.3 Å². The molecule has 0 saturated heterocycles. The standard InChI is InChI=1S/C42H85O3P2/c1-6-8-10-12-14-16-18-20-22-24-26-28-30-32-34-36-39-44-47(43,42-38-41-46(3,4)5)45-40-37-35-33-31-29-27-25-23-21-19-17-15-13-11-9-7-2/h20-23H,6-19,24-42H2,1-5H3/q+1/b22-20+,23-21+. The van der Waals surface area contributed by atoms with Crippen molar-refractivity contribution in [1.82, 2.24) is 0 Å². The molecular formula is C42H85O3P2+. The van der Waals surface area contributed by atoms with E-state index in [2.05, 4.69) is 58.1 Å². The summed E-state index contributed by atoms with van der Waals surface area (Å²) in [5, 5.41) is 0. The predicted molar refractivity (Wildman–Crippen MR) is 217 cm³/mol. The van der Waals surface area contributed by atoms with Gasteiger partial charge in [-0.1, -0.05) is 154 Å². The van der Waals surface area contributed by atoms with Crippen LogP contribution in [-0.2, 0) is 13.6 Å². The summed E-state index contributed by atoms with van der Waals surface area (Å²) in [7, 11) is -3.86. The van der Waals surface area contributed by atoms with Gasteiger partial charge in [-0.3, -0.25) is 4.57 Å². The minimum absolute atomic E-state index is 0.580. The second-order valence-corrected chi connectivity index (χ2v) is 22.5. The van der Waals surface area contributed by atoms with Crippen LogP contribution in [0.2, 0.25) is 0 Å². The van der Waals surface area contributed by atoms with Gasteiger partial charge in [-0.2, -0.15) is 0 Å². The van der Waals surface area contributed by atoms with E-state index < -0.39 is 14.9 Å². The maximum absolute atomic E-state index is 13.6. The average molecular weight is 700 g/mol. The second-order valence-electron chi connectivity index (χ2n) is 15.2. The Bertz CT molecular complexity index is 680. The quantitative estimate of drug-likeness (QED) is 0.0366. The van der Waals surface area contributed by atoms with E-state index in [0.29, 0.717) is 19.4 Å². The smallest absolute Gasteiger partial charge is 0.309 e. The van der Waals surface area contributed by atoms with Crippen molar-refractivity contribution in [2.24, 2.45) is 0 Å². The van der Waals surface area contributed by atoms with Crippen molar-refractivity contribution in [1.29, 1.82) is 0 Å². The summed E-state index contributed by atoms with van der Waals surface area (Å²) >= 11 is 0. The van der Waals surface area contributed by atoms with Crippen LogP contribution in [-0.4, -0.2) is 45.5 Å². The molecule has 0 aromatic carbocycles. The third-order valence-corrected chi connectivity index (χ3v) is 12.8. The molecule has 0 rings (SSSR count). The minimum atomic E-state index is -2.98. The molecule has 0 aliphatic rings. The fourth-order valence-electron chi connectivity index (χ4n) is 6.01. The van der Waals surface area contributed by atoms with Crippen LogP contribution in [0.5, 0.6) is 0 Å². The minimum Gasteiger partial charge on any atom is -0.309 e. The van der Waals surface area contributed by atoms with E-state index in [1.807, 2.05) is 0 Å². The van der Waals surface area contributed by atoms with E-state index in [1.165, 1.54) is 154 Å². The molecule has 0 aliphatic heterocycles. The Kier molecular flexibility index (Phi) is 35.9. The van der Waals surface area contributed by atoms with Gasteiger partial charge >= 0.3 is 7.60 Å². The predicted octanol–water partition coefficient (Wildman–Crippen LogP) is 15.6. The average Bonchev–Trinajstić information content (AvgIpc) is 3.03. The molecule has 0 heterocycles. The van der Waals surface area contributed by atoms with E-state index in [-0.39, 0.29) is 0 Å². The monoisotopic (exact) mass is 700 g/mol. The summed E-state index contributed by atoms with van der Waals surface area (Å²) in [5.41, 5.74) is 0. The van der Waals surface area contributed by atoms with Gasteiger partial charge in [0.15, 0.2) is 0 Å². The van der Waals surface area contributed by atoms with Crippen molar-refractivity contribution in [2.75, 3.05) is 45.5 Å². The van der Waals surface area contributed by atoms with E-state index >= 15 is 0 Å². The summed E-state index contributed by atoms with van der Waals surface area (Å²) in [4.78, 5) is 0. The number of hydrogen-bond donors (Lipinski definition) is 0. The lowest BCUT2D eigenvalue weighted by Crippen LogP contribution is -2.05. The van der Waals surface area contributed by atoms with Crippen LogP contribution in [0.25, 0.3) is 0 Å². The third kappa shape index (κ3) is 38.7. The lowest BCUT2D eigenvalue weighted by atomic mass is 10.1. The largest absolute Gasteiger partial charge is 0.330 e. The molecule has 0 aliphatic carbocycles. The Hall–Kier alpha value is 0.0600. The molecular weight excluding hydrogens is 614 g/mol. The maximum atomic E-state index is 13.6. The zero-order valence-electron chi connectivity index (χ0n) is 32.8. The second kappa shape index (κ2) is 35.9. The maximum Gasteiger partial charge on any atom is 0.330 e. The van der Waals surface area contributed by atoms with Crippen LogP contribution in [0.3, 0.4) is 0 Å². The number of allylic oxidation sites excluding steroid dienone is 4. The van der Waals surface area contributed by atoms with Crippen molar-refractivity contribution in [3.63, 3.8) is 0 Å². The van der Waals surface area contributed by atoms with Gasteiger partial charge in [0.1, 0.15) is 0 Å². The van der Waals surface area contributed by atoms with Crippen molar-refractivity contribution >= 4 is 14.9 Å². The third-order valence-electron chi connectivity index (χ3n) is 9.15. The van der Waals surface area contributed by atoms with Gasteiger partial charge in [-0.05, 0) is 70.6 Å². The van der Waals surface area contributed by atoms with Gasteiger partial charge in [0.25, 0.3) is 0 Å². The molecule has 0 amide bonds. The van der Waals surface area contributed by atoms with Crippen LogP contribution < -0.4 is 0 Å². The van der Waals surface area contributed by atoms with Gasteiger partial charge in [-0.15, -0.1) is 0 Å². The van der Waals surface area contributed by atoms with Gasteiger partial charge in [0, 0.05) is 27.3 Å². The lowest BCUT2D eigenvalue weighted by Gasteiger charge is -2.20. The molecule has 0 bridgehead atoms. The van der Waals surface area contributed by atoms with E-state index in [4.69, 9.17) is 9.05 Å². The van der Waals surface area contributed by atoms with Crippen molar-refractivity contribution < 1.29 is 13.6 Å². The molecule has 0 atom stereocenters. The van der Waals surface area contributed by atoms with E-state index in [0.717, 1.165) is 38.3 Å². The highest BCUT2D eigenvalue weighted by molar-refractivity contribution is 7.73. The number of rotatable bonds is 38.